The van der Waals surface area contributed by atoms with Gasteiger partial charge >= 0.3 is 12.1 Å². The van der Waals surface area contributed by atoms with Crippen LogP contribution in [-0.2, 0) is 29.4 Å². The largest absolute Gasteiger partial charge is 0.481 e. The van der Waals surface area contributed by atoms with Crippen LogP contribution in [0.5, 0.6) is 0 Å². The number of carbonyl (C=O) groups excluding carboxylic acids is 1. The zero-order valence-corrected chi connectivity index (χ0v) is 22.2. The Morgan fingerprint density at radius 3 is 2.49 bits per heavy atom. The van der Waals surface area contributed by atoms with Gasteiger partial charge in [0, 0.05) is 36.3 Å². The average Bonchev–Trinajstić information content (AvgIpc) is 3.17. The summed E-state index contributed by atoms with van der Waals surface area (Å²) in [4.78, 5) is 32.6. The minimum absolute atomic E-state index is 0.110. The molecule has 0 saturated heterocycles. The van der Waals surface area contributed by atoms with E-state index in [1.165, 1.54) is 0 Å². The fourth-order valence-electron chi connectivity index (χ4n) is 4.78. The van der Waals surface area contributed by atoms with Gasteiger partial charge in [-0.25, -0.2) is 14.8 Å². The van der Waals surface area contributed by atoms with Gasteiger partial charge in [-0.3, -0.25) is 9.48 Å². The van der Waals surface area contributed by atoms with E-state index in [2.05, 4.69) is 33.7 Å². The molecular formula is C27H36N6O4. The highest BCUT2D eigenvalue weighted by Gasteiger charge is 2.25. The summed E-state index contributed by atoms with van der Waals surface area (Å²) in [5, 5.41) is 20.8. The zero-order valence-electron chi connectivity index (χ0n) is 22.2. The second-order valence-electron chi connectivity index (χ2n) is 10.7. The first-order chi connectivity index (χ1) is 17.5. The van der Waals surface area contributed by atoms with E-state index >= 15 is 0 Å². The molecule has 10 nitrogen and oxygen atoms in total. The normalized spacial score (nSPS) is 18.0. The Morgan fingerprint density at radius 1 is 1.14 bits per heavy atom. The lowest BCUT2D eigenvalue weighted by Gasteiger charge is -2.30. The van der Waals surface area contributed by atoms with Crippen molar-refractivity contribution in [3.63, 3.8) is 0 Å². The van der Waals surface area contributed by atoms with Gasteiger partial charge in [0.15, 0.2) is 0 Å². The van der Waals surface area contributed by atoms with Crippen molar-refractivity contribution in [3.05, 3.63) is 35.7 Å². The number of alkyl carbamates (subject to hydrolysis) is 1. The second kappa shape index (κ2) is 10.7. The number of aliphatic carboxylic acids is 1. The number of rotatable bonds is 7. The van der Waals surface area contributed by atoms with Crippen LogP contribution in [0.2, 0.25) is 0 Å². The standard InChI is InChI=1S/C27H36N6O4/c1-6-16-11-17(22-13-21(14-23(34)35)32-33(22)5)12-18-15-28-25(31-24(16)18)29-19-7-9-20(10-8-19)30-26(36)37-27(2,3)4/h11-13,15,19-20H,6-10,14H2,1-5H3,(H,30,36)(H,34,35)(H,28,29,31)/t19-,20-. The number of hydrogen-bond acceptors (Lipinski definition) is 7. The minimum Gasteiger partial charge on any atom is -0.481 e. The summed E-state index contributed by atoms with van der Waals surface area (Å²) >= 11 is 0. The molecule has 0 spiro atoms. The molecule has 10 heteroatoms. The first kappa shape index (κ1) is 26.4. The highest BCUT2D eigenvalue weighted by Crippen LogP contribution is 2.29. The van der Waals surface area contributed by atoms with Crippen LogP contribution in [-0.4, -0.2) is 54.6 Å². The van der Waals surface area contributed by atoms with E-state index in [1.807, 2.05) is 46.1 Å². The number of ether oxygens (including phenoxy) is 1. The Bertz CT molecular complexity index is 1290. The van der Waals surface area contributed by atoms with Gasteiger partial charge in [-0.2, -0.15) is 5.10 Å². The van der Waals surface area contributed by atoms with E-state index in [9.17, 15) is 9.59 Å². The molecule has 1 amide bonds. The van der Waals surface area contributed by atoms with Crippen molar-refractivity contribution >= 4 is 28.9 Å². The molecule has 1 saturated carbocycles. The minimum atomic E-state index is -0.904. The third-order valence-corrected chi connectivity index (χ3v) is 6.48. The summed E-state index contributed by atoms with van der Waals surface area (Å²) in [5.41, 5.74) is 3.81. The molecule has 1 aromatic carbocycles. The molecule has 1 aliphatic carbocycles. The summed E-state index contributed by atoms with van der Waals surface area (Å²) in [5.74, 6) is -0.304. The highest BCUT2D eigenvalue weighted by atomic mass is 16.6. The second-order valence-corrected chi connectivity index (χ2v) is 10.7. The highest BCUT2D eigenvalue weighted by molar-refractivity contribution is 5.87. The van der Waals surface area contributed by atoms with E-state index < -0.39 is 11.6 Å². The van der Waals surface area contributed by atoms with Gasteiger partial charge in [-0.15, -0.1) is 0 Å². The lowest BCUT2D eigenvalue weighted by molar-refractivity contribution is -0.136. The first-order valence-corrected chi connectivity index (χ1v) is 12.8. The molecule has 3 N–H and O–H groups in total. The van der Waals surface area contributed by atoms with Gasteiger partial charge in [-0.05, 0) is 76.6 Å². The van der Waals surface area contributed by atoms with Crippen LogP contribution in [0.25, 0.3) is 22.2 Å². The van der Waals surface area contributed by atoms with Crippen LogP contribution in [0, 0.1) is 0 Å². The van der Waals surface area contributed by atoms with Gasteiger partial charge in [0.1, 0.15) is 5.60 Å². The third-order valence-electron chi connectivity index (χ3n) is 6.48. The van der Waals surface area contributed by atoms with E-state index in [0.29, 0.717) is 11.6 Å². The van der Waals surface area contributed by atoms with E-state index in [1.54, 1.807) is 4.68 Å². The summed E-state index contributed by atoms with van der Waals surface area (Å²) in [6, 6.07) is 6.28. The lowest BCUT2D eigenvalue weighted by Crippen LogP contribution is -2.42. The number of nitrogens with zero attached hydrogens (tertiary/aromatic N) is 4. The molecule has 1 aliphatic rings. The molecule has 4 rings (SSSR count). The van der Waals surface area contributed by atoms with Crippen molar-refractivity contribution in [3.8, 4) is 11.3 Å². The summed E-state index contributed by atoms with van der Waals surface area (Å²) in [7, 11) is 1.82. The molecule has 0 unspecified atom stereocenters. The predicted molar refractivity (Wildman–Crippen MR) is 141 cm³/mol. The van der Waals surface area contributed by atoms with Crippen LogP contribution in [0.3, 0.4) is 0 Å². The van der Waals surface area contributed by atoms with Crippen molar-refractivity contribution in [1.29, 1.82) is 0 Å². The molecule has 198 valence electrons. The molecule has 2 aromatic heterocycles. The van der Waals surface area contributed by atoms with Crippen LogP contribution >= 0.6 is 0 Å². The Morgan fingerprint density at radius 2 is 1.84 bits per heavy atom. The van der Waals surface area contributed by atoms with Crippen molar-refractivity contribution in [2.75, 3.05) is 5.32 Å². The number of benzene rings is 1. The fourth-order valence-corrected chi connectivity index (χ4v) is 4.78. The number of carboxylic acid groups (broad SMARTS) is 1. The van der Waals surface area contributed by atoms with Gasteiger partial charge < -0.3 is 20.5 Å². The molecule has 2 heterocycles. The molecule has 0 aliphatic heterocycles. The predicted octanol–water partition coefficient (Wildman–Crippen LogP) is 4.47. The summed E-state index contributed by atoms with van der Waals surface area (Å²) in [6.07, 6.45) is 5.68. The number of hydrogen-bond donors (Lipinski definition) is 3. The Labute approximate surface area is 216 Å². The summed E-state index contributed by atoms with van der Waals surface area (Å²) in [6.45, 7) is 7.67. The van der Waals surface area contributed by atoms with Crippen LogP contribution in [0.15, 0.2) is 24.4 Å². The van der Waals surface area contributed by atoms with Crippen molar-refractivity contribution in [1.82, 2.24) is 25.1 Å². The monoisotopic (exact) mass is 508 g/mol. The van der Waals surface area contributed by atoms with E-state index in [-0.39, 0.29) is 24.6 Å². The maximum atomic E-state index is 12.1. The molecular weight excluding hydrogens is 472 g/mol. The number of fused-ring (bicyclic) bond motifs is 1. The van der Waals surface area contributed by atoms with Crippen molar-refractivity contribution in [2.45, 2.75) is 83.9 Å². The van der Waals surface area contributed by atoms with Gasteiger partial charge in [-0.1, -0.05) is 6.92 Å². The van der Waals surface area contributed by atoms with Crippen molar-refractivity contribution < 1.29 is 19.4 Å². The molecule has 3 aromatic rings. The lowest BCUT2D eigenvalue weighted by atomic mass is 9.91. The molecule has 1 fully saturated rings. The SMILES string of the molecule is CCc1cc(-c2cc(CC(=O)O)nn2C)cc2cnc(N[C@H]3CC[C@H](NC(=O)OC(C)(C)C)CC3)nc12. The maximum Gasteiger partial charge on any atom is 0.407 e. The zero-order chi connectivity index (χ0) is 26.7. The van der Waals surface area contributed by atoms with Crippen LogP contribution in [0.1, 0.15) is 64.6 Å². The number of anilines is 1. The number of carboxylic acids is 1. The van der Waals surface area contributed by atoms with Gasteiger partial charge in [0.25, 0.3) is 0 Å². The number of carbonyl (C=O) groups is 2. The third kappa shape index (κ3) is 6.75. The first-order valence-electron chi connectivity index (χ1n) is 12.8. The number of aromatic nitrogens is 4. The van der Waals surface area contributed by atoms with Gasteiger partial charge in [0.2, 0.25) is 5.95 Å². The Balaban J connectivity index is 1.44. The molecule has 37 heavy (non-hydrogen) atoms. The van der Waals surface area contributed by atoms with Gasteiger partial charge in [0.05, 0.1) is 23.3 Å². The number of amides is 1. The van der Waals surface area contributed by atoms with E-state index in [0.717, 1.165) is 59.8 Å². The Kier molecular flexibility index (Phi) is 7.65. The maximum absolute atomic E-state index is 12.1. The molecule has 0 bridgehead atoms. The molecule has 0 radical (unpaired) electrons. The summed E-state index contributed by atoms with van der Waals surface area (Å²) < 4.78 is 7.08. The fraction of sp³-hybridized carbons (Fsp3) is 0.519. The Hall–Kier alpha value is -3.69. The van der Waals surface area contributed by atoms with Crippen molar-refractivity contribution in [2.24, 2.45) is 7.05 Å². The number of aryl methyl sites for hydroxylation is 2. The average molecular weight is 509 g/mol. The van der Waals surface area contributed by atoms with Crippen LogP contribution in [0.4, 0.5) is 10.7 Å². The van der Waals surface area contributed by atoms with E-state index in [4.69, 9.17) is 14.8 Å². The quantitative estimate of drug-likeness (QED) is 0.426. The molecule has 0 atom stereocenters. The number of nitrogens with one attached hydrogen (secondary N) is 2. The van der Waals surface area contributed by atoms with Crippen LogP contribution < -0.4 is 10.6 Å². The smallest absolute Gasteiger partial charge is 0.407 e. The topological polar surface area (TPSA) is 131 Å².